The molecule has 0 N–H and O–H groups in total. The van der Waals surface area contributed by atoms with Gasteiger partial charge in [0.2, 0.25) is 0 Å². The molecule has 0 fully saturated rings. The van der Waals surface area contributed by atoms with Crippen LogP contribution in [0.2, 0.25) is 0 Å². The Morgan fingerprint density at radius 1 is 1.06 bits per heavy atom. The zero-order valence-electron chi connectivity index (χ0n) is 10.1. The molecule has 0 saturated carbocycles. The van der Waals surface area contributed by atoms with E-state index in [1.54, 1.807) is 30.3 Å². The van der Waals surface area contributed by atoms with Crippen molar-refractivity contribution < 1.29 is 9.59 Å². The standard InChI is InChI=1S/C16H14O2/c1-4-9-13(5-2)15(17)12(3)16(18)14-10-7-6-8-11-14/h4-11H,1-3H2/b13-9+. The molecule has 0 aliphatic rings. The van der Waals surface area contributed by atoms with Gasteiger partial charge in [-0.2, -0.15) is 0 Å². The molecule has 0 atom stereocenters. The Bertz CT molecular complexity index is 533. The van der Waals surface area contributed by atoms with Gasteiger partial charge in [-0.05, 0) is 0 Å². The predicted octanol–water partition coefficient (Wildman–Crippen LogP) is 3.29. The minimum Gasteiger partial charge on any atom is -0.288 e. The van der Waals surface area contributed by atoms with Crippen molar-refractivity contribution >= 4 is 11.6 Å². The molecule has 1 aromatic rings. The molecule has 18 heavy (non-hydrogen) atoms. The molecule has 0 aliphatic carbocycles. The molecule has 0 aliphatic heterocycles. The van der Waals surface area contributed by atoms with Crippen molar-refractivity contribution in [2.24, 2.45) is 0 Å². The minimum atomic E-state index is -0.432. The zero-order chi connectivity index (χ0) is 13.5. The van der Waals surface area contributed by atoms with E-state index in [2.05, 4.69) is 19.7 Å². The highest BCUT2D eigenvalue weighted by Gasteiger charge is 2.18. The molecule has 2 heteroatoms. The Morgan fingerprint density at radius 3 is 2.17 bits per heavy atom. The summed E-state index contributed by atoms with van der Waals surface area (Å²) in [5.41, 5.74) is 0.673. The van der Waals surface area contributed by atoms with Crippen molar-refractivity contribution in [2.45, 2.75) is 0 Å². The van der Waals surface area contributed by atoms with Crippen LogP contribution in [-0.2, 0) is 4.79 Å². The molecule has 90 valence electrons. The number of hydrogen-bond acceptors (Lipinski definition) is 2. The summed E-state index contributed by atoms with van der Waals surface area (Å²) in [7, 11) is 0. The van der Waals surface area contributed by atoms with Crippen molar-refractivity contribution in [3.8, 4) is 0 Å². The van der Waals surface area contributed by atoms with Crippen LogP contribution in [0.4, 0.5) is 0 Å². The van der Waals surface area contributed by atoms with E-state index in [0.29, 0.717) is 11.1 Å². The van der Waals surface area contributed by atoms with Crippen LogP contribution < -0.4 is 0 Å². The second-order valence-electron chi connectivity index (χ2n) is 3.56. The van der Waals surface area contributed by atoms with Crippen molar-refractivity contribution in [1.29, 1.82) is 0 Å². The van der Waals surface area contributed by atoms with Gasteiger partial charge in [0.25, 0.3) is 0 Å². The average molecular weight is 238 g/mol. The molecule has 0 heterocycles. The lowest BCUT2D eigenvalue weighted by Crippen LogP contribution is -2.13. The van der Waals surface area contributed by atoms with Crippen LogP contribution >= 0.6 is 0 Å². The molecule has 0 unspecified atom stereocenters. The van der Waals surface area contributed by atoms with Crippen LogP contribution in [0.3, 0.4) is 0 Å². The number of carbonyl (C=O) groups excluding carboxylic acids is 2. The fraction of sp³-hybridized carbons (Fsp3) is 0. The number of rotatable bonds is 6. The Kier molecular flexibility index (Phi) is 4.76. The van der Waals surface area contributed by atoms with Crippen LogP contribution in [-0.4, -0.2) is 11.6 Å². The maximum Gasteiger partial charge on any atom is 0.196 e. The van der Waals surface area contributed by atoms with Crippen LogP contribution in [0.25, 0.3) is 0 Å². The van der Waals surface area contributed by atoms with Gasteiger partial charge >= 0.3 is 0 Å². The van der Waals surface area contributed by atoms with Gasteiger partial charge in [-0.1, -0.05) is 68.3 Å². The van der Waals surface area contributed by atoms with E-state index in [0.717, 1.165) is 0 Å². The Labute approximate surface area is 107 Å². The number of allylic oxidation sites excluding steroid dienone is 5. The highest BCUT2D eigenvalue weighted by molar-refractivity contribution is 6.31. The maximum absolute atomic E-state index is 12.0. The summed E-state index contributed by atoms with van der Waals surface area (Å²) in [5.74, 6) is -0.809. The fourth-order valence-electron chi connectivity index (χ4n) is 1.40. The van der Waals surface area contributed by atoms with E-state index < -0.39 is 5.78 Å². The summed E-state index contributed by atoms with van der Waals surface area (Å²) >= 11 is 0. The van der Waals surface area contributed by atoms with E-state index >= 15 is 0 Å². The SMILES string of the molecule is C=C/C=C(\C=C)C(=O)C(=C)C(=O)c1ccccc1. The summed E-state index contributed by atoms with van der Waals surface area (Å²) in [6.45, 7) is 10.6. The maximum atomic E-state index is 12.0. The predicted molar refractivity (Wildman–Crippen MR) is 73.4 cm³/mol. The largest absolute Gasteiger partial charge is 0.288 e. The average Bonchev–Trinajstić information content (AvgIpc) is 2.43. The topological polar surface area (TPSA) is 34.1 Å². The summed E-state index contributed by atoms with van der Waals surface area (Å²) < 4.78 is 0. The molecule has 0 saturated heterocycles. The number of Topliss-reactive ketones (excluding diaryl/α,β-unsaturated/α-hetero) is 2. The zero-order valence-corrected chi connectivity index (χ0v) is 10.1. The number of ketones is 2. The normalized spacial score (nSPS) is 10.6. The Balaban J connectivity index is 2.99. The third-order valence-corrected chi connectivity index (χ3v) is 2.36. The second-order valence-corrected chi connectivity index (χ2v) is 3.56. The van der Waals surface area contributed by atoms with E-state index in [1.807, 2.05) is 0 Å². The molecule has 1 rings (SSSR count). The molecule has 0 radical (unpaired) electrons. The first-order valence-corrected chi connectivity index (χ1v) is 5.40. The van der Waals surface area contributed by atoms with Crippen molar-refractivity contribution in [1.82, 2.24) is 0 Å². The van der Waals surface area contributed by atoms with Gasteiger partial charge in [-0.15, -0.1) is 0 Å². The van der Waals surface area contributed by atoms with Gasteiger partial charge in [0.15, 0.2) is 11.6 Å². The molecule has 0 bridgehead atoms. The van der Waals surface area contributed by atoms with E-state index in [-0.39, 0.29) is 11.4 Å². The third kappa shape index (κ3) is 3.01. The molecule has 1 aromatic carbocycles. The molecule has 0 spiro atoms. The minimum absolute atomic E-state index is 0.0748. The first-order chi connectivity index (χ1) is 8.61. The molecular formula is C16H14O2. The van der Waals surface area contributed by atoms with Gasteiger partial charge in [0.05, 0.1) is 5.57 Å². The van der Waals surface area contributed by atoms with E-state index in [1.165, 1.54) is 18.2 Å². The highest BCUT2D eigenvalue weighted by Crippen LogP contribution is 2.12. The van der Waals surface area contributed by atoms with E-state index in [4.69, 9.17) is 0 Å². The van der Waals surface area contributed by atoms with Crippen LogP contribution in [0, 0.1) is 0 Å². The first-order valence-electron chi connectivity index (χ1n) is 5.40. The lowest BCUT2D eigenvalue weighted by Gasteiger charge is -2.04. The van der Waals surface area contributed by atoms with E-state index in [9.17, 15) is 9.59 Å². The van der Waals surface area contributed by atoms with Crippen molar-refractivity contribution in [2.75, 3.05) is 0 Å². The van der Waals surface area contributed by atoms with Crippen LogP contribution in [0.1, 0.15) is 10.4 Å². The molecule has 2 nitrogen and oxygen atoms in total. The van der Waals surface area contributed by atoms with Crippen LogP contribution in [0.15, 0.2) is 79.4 Å². The van der Waals surface area contributed by atoms with Gasteiger partial charge in [0, 0.05) is 11.1 Å². The summed E-state index contributed by atoms with van der Waals surface area (Å²) in [5, 5.41) is 0. The molecule has 0 amide bonds. The van der Waals surface area contributed by atoms with Gasteiger partial charge in [-0.25, -0.2) is 0 Å². The Hall–Kier alpha value is -2.48. The van der Waals surface area contributed by atoms with Crippen LogP contribution in [0.5, 0.6) is 0 Å². The second kappa shape index (κ2) is 6.30. The summed E-state index contributed by atoms with van der Waals surface area (Å²) in [6.07, 6.45) is 4.35. The quantitative estimate of drug-likeness (QED) is 0.250. The smallest absolute Gasteiger partial charge is 0.196 e. The Morgan fingerprint density at radius 2 is 1.67 bits per heavy atom. The molecular weight excluding hydrogens is 224 g/mol. The fourth-order valence-corrected chi connectivity index (χ4v) is 1.40. The van der Waals surface area contributed by atoms with Gasteiger partial charge in [-0.3, -0.25) is 9.59 Å². The number of carbonyl (C=O) groups is 2. The monoisotopic (exact) mass is 238 g/mol. The van der Waals surface area contributed by atoms with Crippen molar-refractivity contribution in [3.05, 3.63) is 85.0 Å². The third-order valence-electron chi connectivity index (χ3n) is 2.36. The summed E-state index contributed by atoms with van der Waals surface area (Å²) in [4.78, 5) is 24.0. The summed E-state index contributed by atoms with van der Waals surface area (Å²) in [6, 6.07) is 8.56. The van der Waals surface area contributed by atoms with Gasteiger partial charge in [0.1, 0.15) is 0 Å². The lowest BCUT2D eigenvalue weighted by atomic mass is 9.97. The van der Waals surface area contributed by atoms with Gasteiger partial charge < -0.3 is 0 Å². The van der Waals surface area contributed by atoms with Crippen molar-refractivity contribution in [3.63, 3.8) is 0 Å². The number of hydrogen-bond donors (Lipinski definition) is 0. The highest BCUT2D eigenvalue weighted by atomic mass is 16.1. The number of benzene rings is 1. The lowest BCUT2D eigenvalue weighted by molar-refractivity contribution is -0.111. The molecule has 0 aromatic heterocycles. The first kappa shape index (κ1) is 13.6.